The van der Waals surface area contributed by atoms with Crippen LogP contribution < -0.4 is 4.74 Å². The van der Waals surface area contributed by atoms with Crippen LogP contribution in [0.5, 0.6) is 5.88 Å². The van der Waals surface area contributed by atoms with Gasteiger partial charge in [0.25, 0.3) is 6.43 Å². The Hall–Kier alpha value is -1.13. The van der Waals surface area contributed by atoms with Crippen molar-refractivity contribution in [3.63, 3.8) is 0 Å². The molecule has 0 bridgehead atoms. The van der Waals surface area contributed by atoms with Crippen molar-refractivity contribution < 1.29 is 39.9 Å². The monoisotopic (exact) mass is 373 g/mol. The number of rotatable bonds is 3. The molecule has 2 nitrogen and oxygen atoms in total. The first-order chi connectivity index (χ1) is 8.95. The highest BCUT2D eigenvalue weighted by Crippen LogP contribution is 2.40. The van der Waals surface area contributed by atoms with E-state index in [1.54, 1.807) is 0 Å². The molecule has 0 fully saturated rings. The van der Waals surface area contributed by atoms with E-state index < -0.39 is 47.0 Å². The highest BCUT2D eigenvalue weighted by molar-refractivity contribution is 9.08. The van der Waals surface area contributed by atoms with Crippen molar-refractivity contribution in [1.82, 2.24) is 4.98 Å². The van der Waals surface area contributed by atoms with E-state index in [1.165, 1.54) is 0 Å². The molecule has 0 amide bonds. The zero-order chi connectivity index (χ0) is 15.7. The first-order valence-electron chi connectivity index (χ1n) is 4.66. The number of aromatic nitrogens is 1. The zero-order valence-electron chi connectivity index (χ0n) is 9.12. The molecule has 1 aromatic rings. The summed E-state index contributed by atoms with van der Waals surface area (Å²) in [5.74, 6) is -1.45. The minimum atomic E-state index is -5.29. The number of hydrogen-bond acceptors (Lipinski definition) is 2. The van der Waals surface area contributed by atoms with Crippen molar-refractivity contribution in [1.29, 1.82) is 0 Å². The number of pyridine rings is 1. The van der Waals surface area contributed by atoms with E-state index in [0.717, 1.165) is 0 Å². The smallest absolute Gasteiger partial charge is 0.388 e. The Morgan fingerprint density at radius 3 is 2.05 bits per heavy atom. The second kappa shape index (κ2) is 5.70. The largest absolute Gasteiger partial charge is 0.574 e. The van der Waals surface area contributed by atoms with E-state index in [4.69, 9.17) is 0 Å². The van der Waals surface area contributed by atoms with E-state index >= 15 is 0 Å². The van der Waals surface area contributed by atoms with E-state index in [0.29, 0.717) is 0 Å². The summed E-state index contributed by atoms with van der Waals surface area (Å²) in [5.41, 5.74) is -4.28. The average Bonchev–Trinajstić information content (AvgIpc) is 2.23. The Morgan fingerprint density at radius 1 is 1.15 bits per heavy atom. The van der Waals surface area contributed by atoms with Crippen LogP contribution in [0.1, 0.15) is 23.2 Å². The van der Waals surface area contributed by atoms with E-state index in [9.17, 15) is 35.1 Å². The van der Waals surface area contributed by atoms with Gasteiger partial charge < -0.3 is 4.74 Å². The highest BCUT2D eigenvalue weighted by Gasteiger charge is 2.40. The minimum Gasteiger partial charge on any atom is -0.388 e. The van der Waals surface area contributed by atoms with Crippen LogP contribution in [0, 0.1) is 0 Å². The van der Waals surface area contributed by atoms with Crippen LogP contribution >= 0.6 is 15.9 Å². The minimum absolute atomic E-state index is 0.207. The van der Waals surface area contributed by atoms with E-state index in [1.807, 2.05) is 0 Å². The lowest BCUT2D eigenvalue weighted by atomic mass is 10.1. The molecule has 0 radical (unpaired) electrons. The Bertz CT molecular complexity index is 484. The molecule has 1 heterocycles. The Labute approximate surface area is 114 Å². The second-order valence-electron chi connectivity index (χ2n) is 3.35. The number of ether oxygens (including phenoxy) is 1. The van der Waals surface area contributed by atoms with Crippen molar-refractivity contribution in [3.05, 3.63) is 22.9 Å². The molecule has 0 aliphatic heterocycles. The van der Waals surface area contributed by atoms with Gasteiger partial charge >= 0.3 is 12.5 Å². The first-order valence-corrected chi connectivity index (χ1v) is 5.78. The standard InChI is InChI=1S/C9H4BrF8NO/c10-2-4-6(7(11)12)3(8(13,14)15)1-5(19-4)20-9(16,17)18/h1,7H,2H2. The van der Waals surface area contributed by atoms with Gasteiger partial charge in [-0.25, -0.2) is 13.8 Å². The second-order valence-corrected chi connectivity index (χ2v) is 3.91. The van der Waals surface area contributed by atoms with Crippen LogP contribution in [0.3, 0.4) is 0 Å². The molecule has 0 unspecified atom stereocenters. The third-order valence-corrected chi connectivity index (χ3v) is 2.52. The van der Waals surface area contributed by atoms with Crippen LogP contribution in [-0.2, 0) is 11.5 Å². The molecular weight excluding hydrogens is 370 g/mol. The zero-order valence-corrected chi connectivity index (χ0v) is 10.7. The van der Waals surface area contributed by atoms with Gasteiger partial charge in [-0.15, -0.1) is 13.2 Å². The molecule has 20 heavy (non-hydrogen) atoms. The van der Waals surface area contributed by atoms with Crippen molar-refractivity contribution in [2.45, 2.75) is 24.3 Å². The summed E-state index contributed by atoms with van der Waals surface area (Å²) in [5, 5.41) is -0.592. The molecule has 11 heteroatoms. The molecule has 114 valence electrons. The fourth-order valence-electron chi connectivity index (χ4n) is 1.33. The van der Waals surface area contributed by atoms with E-state index in [-0.39, 0.29) is 6.07 Å². The molecule has 0 aliphatic carbocycles. The number of nitrogens with zero attached hydrogens (tertiary/aromatic N) is 1. The molecular formula is C9H4BrF8NO. The maximum atomic E-state index is 12.7. The quantitative estimate of drug-likeness (QED) is 0.559. The van der Waals surface area contributed by atoms with Crippen molar-refractivity contribution in [3.8, 4) is 5.88 Å². The predicted octanol–water partition coefficient (Wildman–Crippen LogP) is 4.83. The van der Waals surface area contributed by atoms with Crippen LogP contribution in [0.2, 0.25) is 0 Å². The normalized spacial score (nSPS) is 12.9. The fourth-order valence-corrected chi connectivity index (χ4v) is 1.76. The molecule has 0 atom stereocenters. The summed E-state index contributed by atoms with van der Waals surface area (Å²) >= 11 is 2.59. The van der Waals surface area contributed by atoms with Gasteiger partial charge in [0, 0.05) is 11.4 Å². The summed E-state index contributed by atoms with van der Waals surface area (Å²) < 4.78 is 102. The lowest BCUT2D eigenvalue weighted by Crippen LogP contribution is -2.20. The molecule has 0 aromatic carbocycles. The third kappa shape index (κ3) is 4.18. The third-order valence-electron chi connectivity index (χ3n) is 1.98. The fraction of sp³-hybridized carbons (Fsp3) is 0.444. The Kier molecular flexibility index (Phi) is 4.82. The number of halogens is 9. The van der Waals surface area contributed by atoms with Gasteiger partial charge in [0.05, 0.1) is 16.8 Å². The molecule has 0 spiro atoms. The SMILES string of the molecule is FC(F)c1c(C(F)(F)F)cc(OC(F)(F)F)nc1CBr. The van der Waals surface area contributed by atoms with Crippen LogP contribution in [0.15, 0.2) is 6.07 Å². The van der Waals surface area contributed by atoms with Gasteiger partial charge in [-0.1, -0.05) is 15.9 Å². The number of alkyl halides is 9. The Morgan fingerprint density at radius 2 is 1.70 bits per heavy atom. The highest BCUT2D eigenvalue weighted by atomic mass is 79.9. The summed E-state index contributed by atoms with van der Waals surface area (Å²) in [6.07, 6.45) is -14.1. The maximum Gasteiger partial charge on any atom is 0.574 e. The van der Waals surface area contributed by atoms with Crippen LogP contribution in [-0.4, -0.2) is 11.3 Å². The summed E-state index contributed by atoms with van der Waals surface area (Å²) in [6, 6.07) is -0.207. The predicted molar refractivity (Wildman–Crippen MR) is 53.5 cm³/mol. The maximum absolute atomic E-state index is 12.7. The lowest BCUT2D eigenvalue weighted by molar-refractivity contribution is -0.276. The molecule has 1 rings (SSSR count). The van der Waals surface area contributed by atoms with Crippen LogP contribution in [0.4, 0.5) is 35.1 Å². The van der Waals surface area contributed by atoms with Crippen molar-refractivity contribution in [2.24, 2.45) is 0 Å². The van der Waals surface area contributed by atoms with Gasteiger partial charge in [-0.05, 0) is 0 Å². The first kappa shape index (κ1) is 16.9. The summed E-state index contributed by atoms with van der Waals surface area (Å²) in [7, 11) is 0. The molecule has 0 N–H and O–H groups in total. The average molecular weight is 374 g/mol. The summed E-state index contributed by atoms with van der Waals surface area (Å²) in [6.45, 7) is 0. The lowest BCUT2D eigenvalue weighted by Gasteiger charge is -2.17. The molecule has 0 aliphatic rings. The summed E-state index contributed by atoms with van der Waals surface area (Å²) in [4.78, 5) is 3.00. The molecule has 1 aromatic heterocycles. The topological polar surface area (TPSA) is 22.1 Å². The van der Waals surface area contributed by atoms with Crippen molar-refractivity contribution in [2.75, 3.05) is 0 Å². The Balaban J connectivity index is 3.48. The van der Waals surface area contributed by atoms with Crippen molar-refractivity contribution >= 4 is 15.9 Å². The van der Waals surface area contributed by atoms with Gasteiger partial charge in [0.15, 0.2) is 0 Å². The molecule has 0 saturated heterocycles. The van der Waals surface area contributed by atoms with Gasteiger partial charge in [-0.2, -0.15) is 13.2 Å². The van der Waals surface area contributed by atoms with Gasteiger partial charge in [-0.3, -0.25) is 0 Å². The van der Waals surface area contributed by atoms with Gasteiger partial charge in [0.2, 0.25) is 5.88 Å². The van der Waals surface area contributed by atoms with Crippen LogP contribution in [0.25, 0.3) is 0 Å². The van der Waals surface area contributed by atoms with Gasteiger partial charge in [0.1, 0.15) is 0 Å². The van der Waals surface area contributed by atoms with E-state index in [2.05, 4.69) is 25.7 Å². The molecule has 0 saturated carbocycles. The number of hydrogen-bond donors (Lipinski definition) is 0.